The lowest BCUT2D eigenvalue weighted by Gasteiger charge is -1.88. The van der Waals surface area contributed by atoms with Crippen LogP contribution in [0.1, 0.15) is 20.1 Å². The summed E-state index contributed by atoms with van der Waals surface area (Å²) in [7, 11) is 0. The van der Waals surface area contributed by atoms with Gasteiger partial charge in [0.15, 0.2) is 0 Å². The van der Waals surface area contributed by atoms with Crippen molar-refractivity contribution in [3.05, 3.63) is 21.4 Å². The monoisotopic (exact) mass is 204 g/mol. The molecular formula is C7H9ClN2OS. The number of rotatable bonds is 1. The molecule has 5 heteroatoms. The van der Waals surface area contributed by atoms with E-state index in [2.05, 4.69) is 5.32 Å². The summed E-state index contributed by atoms with van der Waals surface area (Å²) in [6, 6.07) is 1.88. The summed E-state index contributed by atoms with van der Waals surface area (Å²) in [5.74, 6) is -0.315. The summed E-state index contributed by atoms with van der Waals surface area (Å²) < 4.78 is 0. The van der Waals surface area contributed by atoms with Crippen molar-refractivity contribution in [3.8, 4) is 0 Å². The first-order valence-corrected chi connectivity index (χ1v) is 4.21. The van der Waals surface area contributed by atoms with Crippen LogP contribution in [0.3, 0.4) is 0 Å². The van der Waals surface area contributed by atoms with E-state index in [1.807, 2.05) is 6.07 Å². The predicted molar refractivity (Wildman–Crippen MR) is 50.6 cm³/mol. The van der Waals surface area contributed by atoms with Crippen LogP contribution in [0.25, 0.3) is 0 Å². The summed E-state index contributed by atoms with van der Waals surface area (Å²) in [6.07, 6.45) is 0. The van der Waals surface area contributed by atoms with Gasteiger partial charge in [0.25, 0.3) is 5.91 Å². The van der Waals surface area contributed by atoms with Gasteiger partial charge in [-0.2, -0.15) is 0 Å². The number of hydrogen-bond acceptors (Lipinski definition) is 3. The first-order chi connectivity index (χ1) is 5.27. The van der Waals surface area contributed by atoms with E-state index < -0.39 is 0 Å². The predicted octanol–water partition coefficient (Wildman–Crippen LogP) is 0.872. The molecule has 1 aliphatic heterocycles. The highest BCUT2D eigenvalue weighted by atomic mass is 35.5. The molecule has 0 atom stereocenters. The SMILES string of the molecule is Cl.NC(=O)c1cc2c(s1)CNC2. The summed E-state index contributed by atoms with van der Waals surface area (Å²) in [6.45, 7) is 1.76. The molecule has 3 N–H and O–H groups in total. The summed E-state index contributed by atoms with van der Waals surface area (Å²) in [5, 5.41) is 3.19. The number of carbonyl (C=O) groups is 1. The second-order valence-corrected chi connectivity index (χ2v) is 3.66. The average Bonchev–Trinajstić information content (AvgIpc) is 2.40. The van der Waals surface area contributed by atoms with Crippen molar-refractivity contribution >= 4 is 29.7 Å². The van der Waals surface area contributed by atoms with Crippen LogP contribution in [0.2, 0.25) is 0 Å². The zero-order valence-corrected chi connectivity index (χ0v) is 7.93. The van der Waals surface area contributed by atoms with Crippen LogP contribution in [-0.2, 0) is 13.1 Å². The second-order valence-electron chi connectivity index (χ2n) is 2.53. The standard InChI is InChI=1S/C7H8N2OS.ClH/c8-7(10)5-1-4-2-9-3-6(4)11-5;/h1,9H,2-3H2,(H2,8,10);1H. The summed E-state index contributed by atoms with van der Waals surface area (Å²) >= 11 is 1.49. The number of primary amides is 1. The molecule has 0 aromatic carbocycles. The largest absolute Gasteiger partial charge is 0.365 e. The molecule has 2 heterocycles. The molecule has 1 aromatic rings. The summed E-state index contributed by atoms with van der Waals surface area (Å²) in [5.41, 5.74) is 6.35. The lowest BCUT2D eigenvalue weighted by Crippen LogP contribution is -2.09. The van der Waals surface area contributed by atoms with Crippen molar-refractivity contribution < 1.29 is 4.79 Å². The maximum atomic E-state index is 10.7. The fourth-order valence-corrected chi connectivity index (χ4v) is 2.20. The number of thiophene rings is 1. The number of hydrogen-bond donors (Lipinski definition) is 2. The Kier molecular flexibility index (Phi) is 2.72. The van der Waals surface area contributed by atoms with E-state index in [1.165, 1.54) is 21.8 Å². The Morgan fingerprint density at radius 3 is 2.92 bits per heavy atom. The quantitative estimate of drug-likeness (QED) is 0.714. The van der Waals surface area contributed by atoms with Crippen LogP contribution in [0.4, 0.5) is 0 Å². The van der Waals surface area contributed by atoms with Crippen LogP contribution in [-0.4, -0.2) is 5.91 Å². The molecule has 0 aliphatic carbocycles. The van der Waals surface area contributed by atoms with E-state index in [0.29, 0.717) is 4.88 Å². The molecule has 0 spiro atoms. The Labute approximate surface area is 80.4 Å². The van der Waals surface area contributed by atoms with E-state index in [9.17, 15) is 4.79 Å². The van der Waals surface area contributed by atoms with Crippen molar-refractivity contribution in [1.29, 1.82) is 0 Å². The van der Waals surface area contributed by atoms with Crippen molar-refractivity contribution in [2.24, 2.45) is 5.73 Å². The van der Waals surface area contributed by atoms with Gasteiger partial charge in [-0.3, -0.25) is 4.79 Å². The highest BCUT2D eigenvalue weighted by Crippen LogP contribution is 2.25. The van der Waals surface area contributed by atoms with E-state index in [1.54, 1.807) is 0 Å². The minimum absolute atomic E-state index is 0. The topological polar surface area (TPSA) is 55.1 Å². The number of fused-ring (bicyclic) bond motifs is 1. The van der Waals surface area contributed by atoms with Gasteiger partial charge in [-0.15, -0.1) is 23.7 Å². The molecule has 3 nitrogen and oxygen atoms in total. The number of amides is 1. The number of nitrogens with two attached hydrogens (primary N) is 1. The lowest BCUT2D eigenvalue weighted by molar-refractivity contribution is 0.100. The van der Waals surface area contributed by atoms with Gasteiger partial charge in [-0.25, -0.2) is 0 Å². The Bertz CT molecular complexity index is 289. The molecule has 12 heavy (non-hydrogen) atoms. The van der Waals surface area contributed by atoms with Crippen LogP contribution in [0.15, 0.2) is 6.07 Å². The number of nitrogens with one attached hydrogen (secondary N) is 1. The van der Waals surface area contributed by atoms with Crippen molar-refractivity contribution in [3.63, 3.8) is 0 Å². The normalized spacial score (nSPS) is 13.7. The Morgan fingerprint density at radius 1 is 1.58 bits per heavy atom. The van der Waals surface area contributed by atoms with Crippen molar-refractivity contribution in [2.45, 2.75) is 13.1 Å². The molecule has 0 saturated heterocycles. The molecule has 1 aliphatic rings. The Hall–Kier alpha value is -0.580. The van der Waals surface area contributed by atoms with Gasteiger partial charge >= 0.3 is 0 Å². The minimum Gasteiger partial charge on any atom is -0.365 e. The third kappa shape index (κ3) is 1.46. The van der Waals surface area contributed by atoms with Crippen molar-refractivity contribution in [1.82, 2.24) is 5.32 Å². The van der Waals surface area contributed by atoms with Crippen LogP contribution in [0, 0.1) is 0 Å². The van der Waals surface area contributed by atoms with Crippen LogP contribution >= 0.6 is 23.7 Å². The first-order valence-electron chi connectivity index (χ1n) is 3.39. The molecule has 0 saturated carbocycles. The van der Waals surface area contributed by atoms with Gasteiger partial charge in [0.05, 0.1) is 4.88 Å². The minimum atomic E-state index is -0.315. The maximum Gasteiger partial charge on any atom is 0.258 e. The first kappa shape index (κ1) is 9.51. The zero-order valence-electron chi connectivity index (χ0n) is 6.29. The second kappa shape index (κ2) is 3.43. The van der Waals surface area contributed by atoms with Crippen molar-refractivity contribution in [2.75, 3.05) is 0 Å². The molecular weight excluding hydrogens is 196 g/mol. The molecule has 0 fully saturated rings. The number of halogens is 1. The van der Waals surface area contributed by atoms with E-state index in [0.717, 1.165) is 13.1 Å². The van der Waals surface area contributed by atoms with Crippen LogP contribution < -0.4 is 11.1 Å². The van der Waals surface area contributed by atoms with Gasteiger partial charge in [0.2, 0.25) is 0 Å². The fourth-order valence-electron chi connectivity index (χ4n) is 1.20. The lowest BCUT2D eigenvalue weighted by atomic mass is 10.3. The Balaban J connectivity index is 0.000000720. The average molecular weight is 205 g/mol. The maximum absolute atomic E-state index is 10.7. The molecule has 0 bridgehead atoms. The number of carbonyl (C=O) groups excluding carboxylic acids is 1. The molecule has 2 rings (SSSR count). The zero-order chi connectivity index (χ0) is 7.84. The highest BCUT2D eigenvalue weighted by molar-refractivity contribution is 7.14. The van der Waals surface area contributed by atoms with E-state index in [-0.39, 0.29) is 18.3 Å². The fraction of sp³-hybridized carbons (Fsp3) is 0.286. The molecule has 0 unspecified atom stereocenters. The summed E-state index contributed by atoms with van der Waals surface area (Å²) in [4.78, 5) is 12.6. The molecule has 1 aromatic heterocycles. The van der Waals surface area contributed by atoms with Gasteiger partial charge < -0.3 is 11.1 Å². The molecule has 66 valence electrons. The smallest absolute Gasteiger partial charge is 0.258 e. The molecule has 1 amide bonds. The van der Waals surface area contributed by atoms with Crippen LogP contribution in [0.5, 0.6) is 0 Å². The van der Waals surface area contributed by atoms with Gasteiger partial charge in [-0.05, 0) is 11.6 Å². The highest BCUT2D eigenvalue weighted by Gasteiger charge is 2.15. The van der Waals surface area contributed by atoms with E-state index >= 15 is 0 Å². The van der Waals surface area contributed by atoms with Gasteiger partial charge in [-0.1, -0.05) is 0 Å². The third-order valence-corrected chi connectivity index (χ3v) is 2.93. The third-order valence-electron chi connectivity index (χ3n) is 1.74. The Morgan fingerprint density at radius 2 is 2.33 bits per heavy atom. The molecule has 0 radical (unpaired) electrons. The van der Waals surface area contributed by atoms with Gasteiger partial charge in [0.1, 0.15) is 0 Å². The van der Waals surface area contributed by atoms with E-state index in [4.69, 9.17) is 5.73 Å². The van der Waals surface area contributed by atoms with Gasteiger partial charge in [0, 0.05) is 18.0 Å².